The fraction of sp³-hybridized carbons (Fsp3) is 0.632. The average Bonchev–Trinajstić information content (AvgIpc) is 3.17. The first-order valence-electron chi connectivity index (χ1n) is 8.84. The molecule has 1 heterocycles. The molecule has 1 aliphatic carbocycles. The second-order valence-electron chi connectivity index (χ2n) is 6.78. The van der Waals surface area contributed by atoms with Crippen LogP contribution in [0.15, 0.2) is 18.2 Å². The van der Waals surface area contributed by atoms with Crippen LogP contribution in [0.2, 0.25) is 0 Å². The molecule has 1 aliphatic heterocycles. The number of carbonyl (C=O) groups is 1. The van der Waals surface area contributed by atoms with E-state index in [2.05, 4.69) is 23.2 Å². The van der Waals surface area contributed by atoms with E-state index in [-0.39, 0.29) is 5.91 Å². The number of nitrogens with one attached hydrogen (secondary N) is 1. The molecule has 2 fully saturated rings. The maximum absolute atomic E-state index is 12.8. The molecule has 2 atom stereocenters. The van der Waals surface area contributed by atoms with Crippen LogP contribution in [0.1, 0.15) is 60.5 Å². The van der Waals surface area contributed by atoms with Crippen molar-refractivity contribution in [1.29, 1.82) is 0 Å². The van der Waals surface area contributed by atoms with Gasteiger partial charge in [0.1, 0.15) is 0 Å². The first-order chi connectivity index (χ1) is 10.7. The Bertz CT molecular complexity index is 534. The zero-order valence-corrected chi connectivity index (χ0v) is 13.9. The number of benzene rings is 1. The quantitative estimate of drug-likeness (QED) is 0.925. The first kappa shape index (κ1) is 15.5. The molecule has 3 nitrogen and oxygen atoms in total. The number of aryl methyl sites for hydroxylation is 2. The Kier molecular flexibility index (Phi) is 4.82. The van der Waals surface area contributed by atoms with Gasteiger partial charge in [0.15, 0.2) is 0 Å². The highest BCUT2D eigenvalue weighted by Gasteiger charge is 2.34. The fourth-order valence-corrected chi connectivity index (χ4v) is 4.21. The number of hydrogen-bond acceptors (Lipinski definition) is 2. The van der Waals surface area contributed by atoms with Crippen LogP contribution in [-0.4, -0.2) is 36.0 Å². The molecule has 0 aromatic heterocycles. The lowest BCUT2D eigenvalue weighted by molar-refractivity contribution is 0.0911. The Morgan fingerprint density at radius 2 is 2.00 bits per heavy atom. The second kappa shape index (κ2) is 6.82. The maximum atomic E-state index is 12.8. The van der Waals surface area contributed by atoms with Crippen LogP contribution in [0.25, 0.3) is 0 Å². The van der Waals surface area contributed by atoms with Gasteiger partial charge in [-0.1, -0.05) is 25.1 Å². The minimum absolute atomic E-state index is 0.131. The smallest absolute Gasteiger partial charge is 0.252 e. The van der Waals surface area contributed by atoms with E-state index in [0.29, 0.717) is 12.1 Å². The number of likely N-dealkylation sites (tertiary alicyclic amines) is 1. The van der Waals surface area contributed by atoms with Gasteiger partial charge in [-0.15, -0.1) is 0 Å². The van der Waals surface area contributed by atoms with Crippen LogP contribution in [0.5, 0.6) is 0 Å². The SMILES string of the molecule is CCc1cccc(C)c1C(=O)NC1CCCC1N1CCCC1. The minimum atomic E-state index is 0.131. The van der Waals surface area contributed by atoms with Crippen molar-refractivity contribution in [3.05, 3.63) is 34.9 Å². The zero-order valence-electron chi connectivity index (χ0n) is 13.9. The van der Waals surface area contributed by atoms with Crippen molar-refractivity contribution in [2.45, 2.75) is 64.5 Å². The highest BCUT2D eigenvalue weighted by atomic mass is 16.1. The number of rotatable bonds is 4. The monoisotopic (exact) mass is 300 g/mol. The van der Waals surface area contributed by atoms with E-state index >= 15 is 0 Å². The number of carbonyl (C=O) groups excluding carboxylic acids is 1. The topological polar surface area (TPSA) is 32.3 Å². The second-order valence-corrected chi connectivity index (χ2v) is 6.78. The summed E-state index contributed by atoms with van der Waals surface area (Å²) < 4.78 is 0. The van der Waals surface area contributed by atoms with Gasteiger partial charge in [-0.05, 0) is 69.7 Å². The van der Waals surface area contributed by atoms with E-state index in [1.165, 1.54) is 38.8 Å². The van der Waals surface area contributed by atoms with Crippen molar-refractivity contribution in [2.24, 2.45) is 0 Å². The molecule has 0 radical (unpaired) electrons. The number of hydrogen-bond donors (Lipinski definition) is 1. The molecule has 2 unspecified atom stereocenters. The summed E-state index contributed by atoms with van der Waals surface area (Å²) in [6, 6.07) is 7.05. The molecule has 1 aromatic carbocycles. The summed E-state index contributed by atoms with van der Waals surface area (Å²) in [5, 5.41) is 3.36. The summed E-state index contributed by atoms with van der Waals surface area (Å²) in [6.07, 6.45) is 7.13. The van der Waals surface area contributed by atoms with Gasteiger partial charge in [0.2, 0.25) is 0 Å². The Morgan fingerprint density at radius 1 is 1.23 bits per heavy atom. The number of amides is 1. The summed E-state index contributed by atoms with van der Waals surface area (Å²) in [6.45, 7) is 6.58. The average molecular weight is 300 g/mol. The predicted octanol–water partition coefficient (Wildman–Crippen LogP) is 3.30. The highest BCUT2D eigenvalue weighted by Crippen LogP contribution is 2.28. The Hall–Kier alpha value is -1.35. The minimum Gasteiger partial charge on any atom is -0.348 e. The van der Waals surface area contributed by atoms with E-state index in [0.717, 1.165) is 29.5 Å². The van der Waals surface area contributed by atoms with E-state index in [4.69, 9.17) is 0 Å². The first-order valence-corrected chi connectivity index (χ1v) is 8.84. The van der Waals surface area contributed by atoms with E-state index in [1.54, 1.807) is 0 Å². The van der Waals surface area contributed by atoms with E-state index in [9.17, 15) is 4.79 Å². The van der Waals surface area contributed by atoms with Crippen molar-refractivity contribution in [1.82, 2.24) is 10.2 Å². The lowest BCUT2D eigenvalue weighted by Gasteiger charge is -2.30. The fourth-order valence-electron chi connectivity index (χ4n) is 4.21. The largest absolute Gasteiger partial charge is 0.348 e. The molecule has 0 bridgehead atoms. The Morgan fingerprint density at radius 3 is 2.73 bits per heavy atom. The van der Waals surface area contributed by atoms with Crippen molar-refractivity contribution in [3.8, 4) is 0 Å². The molecule has 22 heavy (non-hydrogen) atoms. The molecule has 120 valence electrons. The lowest BCUT2D eigenvalue weighted by atomic mass is 9.98. The van der Waals surface area contributed by atoms with Crippen LogP contribution < -0.4 is 5.32 Å². The molecule has 1 aromatic rings. The normalized spacial score (nSPS) is 25.5. The molecule has 2 aliphatic rings. The third kappa shape index (κ3) is 3.05. The summed E-state index contributed by atoms with van der Waals surface area (Å²) in [7, 11) is 0. The molecule has 1 N–H and O–H groups in total. The van der Waals surface area contributed by atoms with Gasteiger partial charge in [-0.2, -0.15) is 0 Å². The molecule has 3 rings (SSSR count). The van der Waals surface area contributed by atoms with Crippen LogP contribution in [0.4, 0.5) is 0 Å². The Labute approximate surface area is 134 Å². The van der Waals surface area contributed by atoms with E-state index < -0.39 is 0 Å². The summed E-state index contributed by atoms with van der Waals surface area (Å²) in [5.74, 6) is 0.131. The molecule has 1 saturated carbocycles. The van der Waals surface area contributed by atoms with Gasteiger partial charge in [0.05, 0.1) is 0 Å². The molecule has 3 heteroatoms. The van der Waals surface area contributed by atoms with Crippen LogP contribution >= 0.6 is 0 Å². The van der Waals surface area contributed by atoms with Crippen molar-refractivity contribution in [2.75, 3.05) is 13.1 Å². The maximum Gasteiger partial charge on any atom is 0.252 e. The molecular formula is C19H28N2O. The summed E-state index contributed by atoms with van der Waals surface area (Å²) >= 11 is 0. The van der Waals surface area contributed by atoms with Gasteiger partial charge in [0.25, 0.3) is 5.91 Å². The van der Waals surface area contributed by atoms with Crippen LogP contribution in [-0.2, 0) is 6.42 Å². The van der Waals surface area contributed by atoms with Crippen molar-refractivity contribution in [3.63, 3.8) is 0 Å². The summed E-state index contributed by atoms with van der Waals surface area (Å²) in [4.78, 5) is 15.4. The zero-order chi connectivity index (χ0) is 15.5. The lowest BCUT2D eigenvalue weighted by Crippen LogP contribution is -2.48. The van der Waals surface area contributed by atoms with E-state index in [1.807, 2.05) is 19.1 Å². The van der Waals surface area contributed by atoms with Gasteiger partial charge < -0.3 is 5.32 Å². The highest BCUT2D eigenvalue weighted by molar-refractivity contribution is 5.97. The predicted molar refractivity (Wildman–Crippen MR) is 90.3 cm³/mol. The van der Waals surface area contributed by atoms with Gasteiger partial charge in [0, 0.05) is 17.6 Å². The van der Waals surface area contributed by atoms with Crippen molar-refractivity contribution < 1.29 is 4.79 Å². The molecule has 1 amide bonds. The third-order valence-corrected chi connectivity index (χ3v) is 5.37. The summed E-state index contributed by atoms with van der Waals surface area (Å²) in [5.41, 5.74) is 3.15. The molecular weight excluding hydrogens is 272 g/mol. The van der Waals surface area contributed by atoms with Gasteiger partial charge >= 0.3 is 0 Å². The Balaban J connectivity index is 1.73. The third-order valence-electron chi connectivity index (χ3n) is 5.37. The van der Waals surface area contributed by atoms with Crippen LogP contribution in [0, 0.1) is 6.92 Å². The van der Waals surface area contributed by atoms with Crippen LogP contribution in [0.3, 0.4) is 0 Å². The van der Waals surface area contributed by atoms with Gasteiger partial charge in [-0.25, -0.2) is 0 Å². The molecule has 1 saturated heterocycles. The van der Waals surface area contributed by atoms with Crippen molar-refractivity contribution >= 4 is 5.91 Å². The standard InChI is InChI=1S/C19H28N2O/c1-3-15-9-6-8-14(2)18(15)19(22)20-16-10-7-11-17(16)21-12-4-5-13-21/h6,8-9,16-17H,3-5,7,10-13H2,1-2H3,(H,20,22). The molecule has 0 spiro atoms. The number of nitrogens with zero attached hydrogens (tertiary/aromatic N) is 1. The van der Waals surface area contributed by atoms with Gasteiger partial charge in [-0.3, -0.25) is 9.69 Å².